The Morgan fingerprint density at radius 2 is 1.79 bits per heavy atom. The number of carbonyl (C=O) groups is 1. The first-order chi connectivity index (χ1) is 16.2. The number of rotatable bonds is 6. The molecule has 186 valence electrons. The molecule has 0 aliphatic carbocycles. The molecule has 1 aromatic rings. The molecule has 3 aliphatic heterocycles. The van der Waals surface area contributed by atoms with E-state index in [2.05, 4.69) is 22.1 Å². The third-order valence-corrected chi connectivity index (χ3v) is 9.18. The molecule has 0 unspecified atom stereocenters. The summed E-state index contributed by atoms with van der Waals surface area (Å²) < 4.78 is 28.6. The van der Waals surface area contributed by atoms with E-state index in [1.54, 1.807) is 6.08 Å². The summed E-state index contributed by atoms with van der Waals surface area (Å²) in [5.41, 5.74) is 1.85. The summed E-state index contributed by atoms with van der Waals surface area (Å²) in [5, 5.41) is 3.31. The van der Waals surface area contributed by atoms with Crippen molar-refractivity contribution in [1.82, 2.24) is 13.6 Å². The van der Waals surface area contributed by atoms with Crippen LogP contribution in [0.3, 0.4) is 0 Å². The van der Waals surface area contributed by atoms with E-state index in [0.29, 0.717) is 55.1 Å². The van der Waals surface area contributed by atoms with Crippen LogP contribution in [0.4, 0.5) is 11.5 Å². The summed E-state index contributed by atoms with van der Waals surface area (Å²) in [7, 11) is -3.44. The molecule has 34 heavy (non-hydrogen) atoms. The van der Waals surface area contributed by atoms with Crippen molar-refractivity contribution in [2.24, 2.45) is 10.9 Å². The first-order valence-electron chi connectivity index (χ1n) is 12.0. The summed E-state index contributed by atoms with van der Waals surface area (Å²) in [6.07, 6.45) is 4.23. The van der Waals surface area contributed by atoms with Crippen molar-refractivity contribution in [3.8, 4) is 0 Å². The number of nitrogens with zero attached hydrogens (tertiary/aromatic N) is 5. The SMILES string of the molecule is CCN1CC(c2ccc(NC(=O)C3=NC(Cl)=CC3)c(N3CCC(C)CC3)n2)CN(CC)S1(=O)=O. The molecule has 0 spiro atoms. The number of piperidine rings is 1. The van der Waals surface area contributed by atoms with Gasteiger partial charge in [0, 0.05) is 57.3 Å². The Bertz CT molecular complexity index is 1080. The van der Waals surface area contributed by atoms with E-state index in [0.717, 1.165) is 37.4 Å². The first kappa shape index (κ1) is 25.1. The molecule has 1 N–H and O–H groups in total. The summed E-state index contributed by atoms with van der Waals surface area (Å²) in [6, 6.07) is 3.78. The highest BCUT2D eigenvalue weighted by atomic mass is 35.5. The number of aromatic nitrogens is 1. The summed E-state index contributed by atoms with van der Waals surface area (Å²) >= 11 is 5.92. The van der Waals surface area contributed by atoms with Crippen LogP contribution in [0.1, 0.15) is 51.6 Å². The second kappa shape index (κ2) is 10.3. The highest BCUT2D eigenvalue weighted by molar-refractivity contribution is 7.86. The Morgan fingerprint density at radius 3 is 2.35 bits per heavy atom. The zero-order valence-corrected chi connectivity index (χ0v) is 21.6. The molecule has 0 atom stereocenters. The summed E-state index contributed by atoms with van der Waals surface area (Å²) in [5.74, 6) is 1.04. The molecule has 3 aliphatic rings. The molecule has 1 aromatic heterocycles. The zero-order chi connectivity index (χ0) is 24.5. The lowest BCUT2D eigenvalue weighted by Crippen LogP contribution is -2.52. The Balaban J connectivity index is 1.64. The number of hydrogen-bond donors (Lipinski definition) is 1. The number of likely N-dealkylation sites (N-methyl/N-ethyl adjacent to an activating group) is 2. The number of halogens is 1. The lowest BCUT2D eigenvalue weighted by atomic mass is 9.99. The standard InChI is InChI=1S/C23H33ClN6O3S/c1-4-29-14-17(15-30(5-2)34(29,32)33)18-6-7-19(27-23(31)20-8-9-21(24)25-20)22(26-18)28-12-10-16(3)11-13-28/h6-7,9,16-17H,4-5,8,10-15H2,1-3H3,(H,27,31). The Morgan fingerprint density at radius 1 is 1.15 bits per heavy atom. The van der Waals surface area contributed by atoms with Crippen LogP contribution in [-0.4, -0.2) is 72.9 Å². The van der Waals surface area contributed by atoms with Gasteiger partial charge in [-0.05, 0) is 37.0 Å². The van der Waals surface area contributed by atoms with Crippen molar-refractivity contribution in [2.75, 3.05) is 49.5 Å². The molecule has 0 aromatic carbocycles. The van der Waals surface area contributed by atoms with Crippen LogP contribution in [0.2, 0.25) is 0 Å². The minimum atomic E-state index is -3.44. The van der Waals surface area contributed by atoms with Crippen molar-refractivity contribution in [3.05, 3.63) is 29.1 Å². The van der Waals surface area contributed by atoms with Crippen LogP contribution >= 0.6 is 11.6 Å². The molecule has 1 amide bonds. The Hall–Kier alpha value is -2.01. The van der Waals surface area contributed by atoms with Gasteiger partial charge in [-0.3, -0.25) is 4.79 Å². The molecule has 2 saturated heterocycles. The number of hydrogen-bond acceptors (Lipinski definition) is 6. The second-order valence-corrected chi connectivity index (χ2v) is 11.4. The maximum absolute atomic E-state index is 12.8. The van der Waals surface area contributed by atoms with E-state index in [9.17, 15) is 13.2 Å². The van der Waals surface area contributed by atoms with Gasteiger partial charge in [0.2, 0.25) is 0 Å². The smallest absolute Gasteiger partial charge is 0.281 e. The number of amides is 1. The van der Waals surface area contributed by atoms with E-state index >= 15 is 0 Å². The van der Waals surface area contributed by atoms with Crippen molar-refractivity contribution < 1.29 is 13.2 Å². The van der Waals surface area contributed by atoms with Gasteiger partial charge in [-0.2, -0.15) is 17.0 Å². The predicted octanol–water partition coefficient (Wildman–Crippen LogP) is 3.17. The molecule has 9 nitrogen and oxygen atoms in total. The van der Waals surface area contributed by atoms with E-state index in [1.165, 1.54) is 8.61 Å². The lowest BCUT2D eigenvalue weighted by Gasteiger charge is -2.38. The van der Waals surface area contributed by atoms with Crippen LogP contribution in [0.5, 0.6) is 0 Å². The van der Waals surface area contributed by atoms with Gasteiger partial charge in [-0.25, -0.2) is 9.98 Å². The molecule has 2 fully saturated rings. The van der Waals surface area contributed by atoms with Crippen LogP contribution < -0.4 is 10.2 Å². The summed E-state index contributed by atoms with van der Waals surface area (Å²) in [6.45, 7) is 9.29. The molecule has 0 radical (unpaired) electrons. The molecular formula is C23H33ClN6O3S. The van der Waals surface area contributed by atoms with Gasteiger partial charge >= 0.3 is 0 Å². The van der Waals surface area contributed by atoms with Gasteiger partial charge in [0.15, 0.2) is 5.82 Å². The van der Waals surface area contributed by atoms with Crippen molar-refractivity contribution in [2.45, 2.75) is 46.0 Å². The van der Waals surface area contributed by atoms with Crippen molar-refractivity contribution in [3.63, 3.8) is 0 Å². The number of anilines is 2. The Kier molecular flexibility index (Phi) is 7.61. The fraction of sp³-hybridized carbons (Fsp3) is 0.609. The van der Waals surface area contributed by atoms with Crippen LogP contribution in [0, 0.1) is 5.92 Å². The minimum Gasteiger partial charge on any atom is -0.355 e. The topological polar surface area (TPSA) is 98.2 Å². The zero-order valence-electron chi connectivity index (χ0n) is 20.0. The fourth-order valence-electron chi connectivity index (χ4n) is 4.66. The minimum absolute atomic E-state index is 0.0575. The van der Waals surface area contributed by atoms with Crippen molar-refractivity contribution in [1.29, 1.82) is 0 Å². The third-order valence-electron chi connectivity index (χ3n) is 6.82. The van der Waals surface area contributed by atoms with Crippen LogP contribution in [0.15, 0.2) is 28.4 Å². The average Bonchev–Trinajstić information content (AvgIpc) is 3.26. The first-order valence-corrected chi connectivity index (χ1v) is 13.8. The molecule has 11 heteroatoms. The third kappa shape index (κ3) is 5.15. The van der Waals surface area contributed by atoms with E-state index in [-0.39, 0.29) is 11.8 Å². The second-order valence-electron chi connectivity index (χ2n) is 9.13. The molecular weight excluding hydrogens is 476 g/mol. The number of pyridine rings is 1. The number of carbonyl (C=O) groups excluding carboxylic acids is 1. The van der Waals surface area contributed by atoms with Gasteiger partial charge in [0.1, 0.15) is 10.9 Å². The molecule has 4 heterocycles. The monoisotopic (exact) mass is 508 g/mol. The van der Waals surface area contributed by atoms with Crippen molar-refractivity contribution >= 4 is 44.9 Å². The largest absolute Gasteiger partial charge is 0.355 e. The molecule has 4 rings (SSSR count). The number of aliphatic imine (C=N–C) groups is 1. The lowest BCUT2D eigenvalue weighted by molar-refractivity contribution is -0.110. The maximum atomic E-state index is 12.8. The predicted molar refractivity (Wildman–Crippen MR) is 136 cm³/mol. The maximum Gasteiger partial charge on any atom is 0.281 e. The highest BCUT2D eigenvalue weighted by Crippen LogP contribution is 2.33. The van der Waals surface area contributed by atoms with Gasteiger partial charge in [-0.15, -0.1) is 0 Å². The fourth-order valence-corrected chi connectivity index (χ4v) is 6.56. The van der Waals surface area contributed by atoms with Gasteiger partial charge in [0.05, 0.1) is 5.69 Å². The molecule has 0 bridgehead atoms. The van der Waals surface area contributed by atoms with Gasteiger partial charge in [0.25, 0.3) is 16.1 Å². The van der Waals surface area contributed by atoms with E-state index in [1.807, 2.05) is 26.0 Å². The number of allylic oxidation sites excluding steroid dienone is 1. The normalized spacial score (nSPS) is 22.5. The van der Waals surface area contributed by atoms with Crippen LogP contribution in [-0.2, 0) is 15.0 Å². The molecule has 0 saturated carbocycles. The van der Waals surface area contributed by atoms with Crippen LogP contribution in [0.25, 0.3) is 0 Å². The number of nitrogens with one attached hydrogen (secondary N) is 1. The quantitative estimate of drug-likeness (QED) is 0.595. The van der Waals surface area contributed by atoms with Gasteiger partial charge < -0.3 is 10.2 Å². The van der Waals surface area contributed by atoms with E-state index in [4.69, 9.17) is 16.6 Å². The van der Waals surface area contributed by atoms with Gasteiger partial charge in [-0.1, -0.05) is 32.4 Å². The average molecular weight is 509 g/mol. The van der Waals surface area contributed by atoms with E-state index < -0.39 is 10.2 Å². The summed E-state index contributed by atoms with van der Waals surface area (Å²) in [4.78, 5) is 24.1. The highest BCUT2D eigenvalue weighted by Gasteiger charge is 2.38. The Labute approximate surface area is 207 Å².